The van der Waals surface area contributed by atoms with Gasteiger partial charge < -0.3 is 15.4 Å². The van der Waals surface area contributed by atoms with Gasteiger partial charge in [-0.3, -0.25) is 4.79 Å². The van der Waals surface area contributed by atoms with Crippen molar-refractivity contribution in [2.75, 3.05) is 13.7 Å². The van der Waals surface area contributed by atoms with Gasteiger partial charge in [0, 0.05) is 19.0 Å². The van der Waals surface area contributed by atoms with Crippen LogP contribution in [0.4, 0.5) is 0 Å². The van der Waals surface area contributed by atoms with Crippen molar-refractivity contribution in [2.45, 2.75) is 38.3 Å². The molecule has 4 nitrogen and oxygen atoms in total. The highest BCUT2D eigenvalue weighted by molar-refractivity contribution is 5.85. The van der Waals surface area contributed by atoms with Crippen LogP contribution >= 0.6 is 12.4 Å². The van der Waals surface area contributed by atoms with Crippen molar-refractivity contribution in [2.24, 2.45) is 0 Å². The number of amides is 1. The third kappa shape index (κ3) is 5.39. The lowest BCUT2D eigenvalue weighted by Crippen LogP contribution is -2.27. The molecule has 0 aromatic heterocycles. The monoisotopic (exact) mass is 298 g/mol. The van der Waals surface area contributed by atoms with E-state index in [1.165, 1.54) is 12.8 Å². The molecule has 1 heterocycles. The van der Waals surface area contributed by atoms with Gasteiger partial charge in [0.15, 0.2) is 0 Å². The molecule has 2 N–H and O–H groups in total. The van der Waals surface area contributed by atoms with Crippen LogP contribution in [0.5, 0.6) is 5.75 Å². The van der Waals surface area contributed by atoms with E-state index in [9.17, 15) is 4.79 Å². The van der Waals surface area contributed by atoms with Gasteiger partial charge in [-0.1, -0.05) is 12.1 Å². The van der Waals surface area contributed by atoms with Gasteiger partial charge >= 0.3 is 0 Å². The molecule has 20 heavy (non-hydrogen) atoms. The molecule has 5 heteroatoms. The van der Waals surface area contributed by atoms with Crippen LogP contribution in [0.15, 0.2) is 24.3 Å². The molecule has 0 spiro atoms. The van der Waals surface area contributed by atoms with Crippen LogP contribution in [0.25, 0.3) is 0 Å². The number of hydrogen-bond donors (Lipinski definition) is 2. The second-order valence-corrected chi connectivity index (χ2v) is 4.96. The molecule has 2 rings (SSSR count). The van der Waals surface area contributed by atoms with Crippen LogP contribution in [-0.2, 0) is 11.3 Å². The van der Waals surface area contributed by atoms with Crippen LogP contribution < -0.4 is 15.4 Å². The van der Waals surface area contributed by atoms with Gasteiger partial charge in [0.05, 0.1) is 7.11 Å². The number of ether oxygens (including phenoxy) is 1. The van der Waals surface area contributed by atoms with E-state index in [2.05, 4.69) is 10.6 Å². The molecule has 0 radical (unpaired) electrons. The first kappa shape index (κ1) is 16.8. The third-order valence-electron chi connectivity index (χ3n) is 3.53. The second kappa shape index (κ2) is 8.82. The normalized spacial score (nSPS) is 17.4. The number of carbonyl (C=O) groups excluding carboxylic acids is 1. The van der Waals surface area contributed by atoms with E-state index in [-0.39, 0.29) is 18.3 Å². The minimum Gasteiger partial charge on any atom is -0.497 e. The predicted molar refractivity (Wildman–Crippen MR) is 82.3 cm³/mol. The van der Waals surface area contributed by atoms with E-state index >= 15 is 0 Å². The lowest BCUT2D eigenvalue weighted by molar-refractivity contribution is -0.121. The molecule has 1 amide bonds. The Morgan fingerprint density at radius 3 is 2.75 bits per heavy atom. The minimum absolute atomic E-state index is 0. The van der Waals surface area contributed by atoms with Gasteiger partial charge in [0.1, 0.15) is 5.75 Å². The third-order valence-corrected chi connectivity index (χ3v) is 3.53. The van der Waals surface area contributed by atoms with Crippen LogP contribution in [0.3, 0.4) is 0 Å². The smallest absolute Gasteiger partial charge is 0.220 e. The summed E-state index contributed by atoms with van der Waals surface area (Å²) in [4.78, 5) is 11.7. The number of hydrogen-bond acceptors (Lipinski definition) is 3. The van der Waals surface area contributed by atoms with Crippen LogP contribution in [0.1, 0.15) is 31.2 Å². The Hall–Kier alpha value is -1.26. The first-order valence-electron chi connectivity index (χ1n) is 6.91. The van der Waals surface area contributed by atoms with E-state index in [4.69, 9.17) is 4.74 Å². The van der Waals surface area contributed by atoms with E-state index in [1.807, 2.05) is 24.3 Å². The molecule has 112 valence electrons. The topological polar surface area (TPSA) is 50.4 Å². The maximum absolute atomic E-state index is 11.7. The summed E-state index contributed by atoms with van der Waals surface area (Å²) in [7, 11) is 1.65. The number of methoxy groups -OCH3 is 1. The molecule has 1 aromatic rings. The average Bonchev–Trinajstić information content (AvgIpc) is 2.96. The molecule has 0 bridgehead atoms. The maximum atomic E-state index is 11.7. The predicted octanol–water partition coefficient (Wildman–Crippen LogP) is 2.27. The van der Waals surface area contributed by atoms with Crippen molar-refractivity contribution in [3.8, 4) is 5.75 Å². The zero-order valence-electron chi connectivity index (χ0n) is 11.9. The summed E-state index contributed by atoms with van der Waals surface area (Å²) >= 11 is 0. The fraction of sp³-hybridized carbons (Fsp3) is 0.533. The largest absolute Gasteiger partial charge is 0.497 e. The number of halogens is 1. The number of benzene rings is 1. The Morgan fingerprint density at radius 1 is 1.40 bits per heavy atom. The Bertz CT molecular complexity index is 403. The molecule has 1 aliphatic rings. The fourth-order valence-corrected chi connectivity index (χ4v) is 2.34. The Kier molecular flexibility index (Phi) is 7.41. The lowest BCUT2D eigenvalue weighted by atomic mass is 10.1. The Balaban J connectivity index is 0.00000200. The molecule has 0 saturated carbocycles. The second-order valence-electron chi connectivity index (χ2n) is 4.96. The summed E-state index contributed by atoms with van der Waals surface area (Å²) < 4.78 is 5.10. The van der Waals surface area contributed by atoms with Crippen LogP contribution in [0.2, 0.25) is 0 Å². The molecule has 1 unspecified atom stereocenters. The van der Waals surface area contributed by atoms with Gasteiger partial charge in [0.2, 0.25) is 5.91 Å². The van der Waals surface area contributed by atoms with Gasteiger partial charge in [-0.15, -0.1) is 12.4 Å². The lowest BCUT2D eigenvalue weighted by Gasteiger charge is -2.10. The van der Waals surface area contributed by atoms with E-state index in [0.29, 0.717) is 19.0 Å². The van der Waals surface area contributed by atoms with Crippen molar-refractivity contribution >= 4 is 18.3 Å². The molecule has 1 aromatic carbocycles. The van der Waals surface area contributed by atoms with E-state index in [1.54, 1.807) is 7.11 Å². The molecule has 1 atom stereocenters. The molecule has 1 saturated heterocycles. The van der Waals surface area contributed by atoms with Crippen molar-refractivity contribution in [3.63, 3.8) is 0 Å². The first-order chi connectivity index (χ1) is 9.28. The van der Waals surface area contributed by atoms with Crippen molar-refractivity contribution < 1.29 is 9.53 Å². The molecular weight excluding hydrogens is 276 g/mol. The maximum Gasteiger partial charge on any atom is 0.220 e. The Morgan fingerprint density at radius 2 is 2.15 bits per heavy atom. The first-order valence-corrected chi connectivity index (χ1v) is 6.91. The zero-order valence-corrected chi connectivity index (χ0v) is 12.7. The van der Waals surface area contributed by atoms with E-state index < -0.39 is 0 Å². The summed E-state index contributed by atoms with van der Waals surface area (Å²) in [5.74, 6) is 0.965. The van der Waals surface area contributed by atoms with Crippen molar-refractivity contribution in [1.82, 2.24) is 10.6 Å². The molecule has 0 aliphatic carbocycles. The Labute approximate surface area is 126 Å². The van der Waals surface area contributed by atoms with Crippen LogP contribution in [0, 0.1) is 0 Å². The minimum atomic E-state index is 0. The number of rotatable bonds is 6. The van der Waals surface area contributed by atoms with Gasteiger partial charge in [0.25, 0.3) is 0 Å². The highest BCUT2D eigenvalue weighted by Gasteiger charge is 2.14. The highest BCUT2D eigenvalue weighted by atomic mass is 35.5. The van der Waals surface area contributed by atoms with Crippen molar-refractivity contribution in [3.05, 3.63) is 29.8 Å². The van der Waals surface area contributed by atoms with Gasteiger partial charge in [-0.2, -0.15) is 0 Å². The summed E-state index contributed by atoms with van der Waals surface area (Å²) in [5, 5.41) is 6.36. The van der Waals surface area contributed by atoms with Gasteiger partial charge in [-0.05, 0) is 43.5 Å². The quantitative estimate of drug-likeness (QED) is 0.847. The summed E-state index contributed by atoms with van der Waals surface area (Å²) in [5.41, 5.74) is 1.09. The standard InChI is InChI=1S/C15H22N2O2.ClH/c1-19-14-7-4-12(5-8-14)11-17-15(18)9-6-13-3-2-10-16-13;/h4-5,7-8,13,16H,2-3,6,9-11H2,1H3,(H,17,18);1H. The average molecular weight is 299 g/mol. The molecule has 1 fully saturated rings. The van der Waals surface area contributed by atoms with E-state index in [0.717, 1.165) is 24.3 Å². The van der Waals surface area contributed by atoms with Crippen molar-refractivity contribution in [1.29, 1.82) is 0 Å². The summed E-state index contributed by atoms with van der Waals surface area (Å²) in [6, 6.07) is 8.29. The van der Waals surface area contributed by atoms with Gasteiger partial charge in [-0.25, -0.2) is 0 Å². The summed E-state index contributed by atoms with van der Waals surface area (Å²) in [6.45, 7) is 1.68. The summed E-state index contributed by atoms with van der Waals surface area (Å²) in [6.07, 6.45) is 3.98. The molecule has 1 aliphatic heterocycles. The number of carbonyl (C=O) groups is 1. The fourth-order valence-electron chi connectivity index (χ4n) is 2.34. The SMILES string of the molecule is COc1ccc(CNC(=O)CCC2CCCN2)cc1.Cl. The zero-order chi connectivity index (χ0) is 13.5. The molecular formula is C15H23ClN2O2. The number of nitrogens with one attached hydrogen (secondary N) is 2. The highest BCUT2D eigenvalue weighted by Crippen LogP contribution is 2.12. The van der Waals surface area contributed by atoms with Crippen LogP contribution in [-0.4, -0.2) is 25.6 Å².